The third kappa shape index (κ3) is 2.98. The fraction of sp³-hybridized carbons (Fsp3) is 0.474. The lowest BCUT2D eigenvalue weighted by Gasteiger charge is -2.25. The standard InChI is InChI=1S/C19H27BrSi/c1-10(2)16-14-8-7-13(21)9-15(14)17(11(3)4)19(20)18(16)12(5)6/h7-12H,1-6,21H3. The van der Waals surface area contributed by atoms with Crippen molar-refractivity contribution in [1.82, 2.24) is 0 Å². The van der Waals surface area contributed by atoms with Crippen molar-refractivity contribution in [3.8, 4) is 0 Å². The van der Waals surface area contributed by atoms with Gasteiger partial charge in [-0.2, -0.15) is 0 Å². The molecular formula is C19H27BrSi. The van der Waals surface area contributed by atoms with Crippen molar-refractivity contribution in [1.29, 1.82) is 0 Å². The van der Waals surface area contributed by atoms with Crippen LogP contribution in [0, 0.1) is 0 Å². The van der Waals surface area contributed by atoms with E-state index in [4.69, 9.17) is 0 Å². The molecular weight excluding hydrogens is 336 g/mol. The zero-order valence-electron chi connectivity index (χ0n) is 14.3. The van der Waals surface area contributed by atoms with E-state index >= 15 is 0 Å². The average Bonchev–Trinajstić information content (AvgIpc) is 2.35. The molecule has 2 rings (SSSR count). The second-order valence-corrected chi connectivity index (χ2v) is 9.02. The van der Waals surface area contributed by atoms with Gasteiger partial charge >= 0.3 is 0 Å². The van der Waals surface area contributed by atoms with Gasteiger partial charge in [-0.3, -0.25) is 0 Å². The summed E-state index contributed by atoms with van der Waals surface area (Å²) in [6, 6.07) is 7.08. The van der Waals surface area contributed by atoms with E-state index in [1.165, 1.54) is 37.1 Å². The van der Waals surface area contributed by atoms with Crippen molar-refractivity contribution in [3.63, 3.8) is 0 Å². The SMILES string of the molecule is CC(C)c1c(Br)c(C(C)C)c2cc([SiH3])ccc2c1C(C)C. The Labute approximate surface area is 140 Å². The molecule has 0 aliphatic rings. The van der Waals surface area contributed by atoms with E-state index in [1.54, 1.807) is 0 Å². The molecule has 2 heteroatoms. The number of benzene rings is 2. The van der Waals surface area contributed by atoms with E-state index in [0.29, 0.717) is 17.8 Å². The average molecular weight is 363 g/mol. The minimum Gasteiger partial charge on any atom is -0.0701 e. The Morgan fingerprint density at radius 2 is 1.29 bits per heavy atom. The van der Waals surface area contributed by atoms with Crippen molar-refractivity contribution < 1.29 is 0 Å². The molecule has 0 amide bonds. The molecule has 0 nitrogen and oxygen atoms in total. The topological polar surface area (TPSA) is 0 Å². The first-order valence-corrected chi connectivity index (χ1v) is 9.80. The van der Waals surface area contributed by atoms with Crippen molar-refractivity contribution >= 4 is 42.1 Å². The highest BCUT2D eigenvalue weighted by atomic mass is 79.9. The van der Waals surface area contributed by atoms with Gasteiger partial charge in [-0.05, 0) is 45.2 Å². The fourth-order valence-corrected chi connectivity index (χ4v) is 5.19. The van der Waals surface area contributed by atoms with Crippen LogP contribution < -0.4 is 5.19 Å². The number of fused-ring (bicyclic) bond motifs is 1. The molecule has 21 heavy (non-hydrogen) atoms. The van der Waals surface area contributed by atoms with Gasteiger partial charge in [0.15, 0.2) is 0 Å². The first-order chi connectivity index (χ1) is 9.75. The summed E-state index contributed by atoms with van der Waals surface area (Å²) >= 11 is 3.96. The van der Waals surface area contributed by atoms with Gasteiger partial charge < -0.3 is 0 Å². The van der Waals surface area contributed by atoms with Gasteiger partial charge in [-0.1, -0.05) is 80.9 Å². The largest absolute Gasteiger partial charge is 0.0701 e. The molecule has 114 valence electrons. The van der Waals surface area contributed by atoms with E-state index in [-0.39, 0.29) is 0 Å². The Hall–Kier alpha value is -0.603. The van der Waals surface area contributed by atoms with Crippen LogP contribution in [-0.2, 0) is 0 Å². The number of hydrogen-bond donors (Lipinski definition) is 0. The molecule has 0 saturated heterocycles. The Bertz CT molecular complexity index is 669. The third-order valence-corrected chi connectivity index (χ3v) is 5.73. The molecule has 0 heterocycles. The first-order valence-electron chi connectivity index (χ1n) is 8.01. The van der Waals surface area contributed by atoms with Crippen LogP contribution in [0.2, 0.25) is 0 Å². The molecule has 0 aliphatic carbocycles. The summed E-state index contributed by atoms with van der Waals surface area (Å²) in [5, 5.41) is 4.39. The van der Waals surface area contributed by atoms with Crippen LogP contribution in [-0.4, -0.2) is 10.2 Å². The summed E-state index contributed by atoms with van der Waals surface area (Å²) in [4.78, 5) is 0. The van der Waals surface area contributed by atoms with Crippen LogP contribution in [0.25, 0.3) is 10.8 Å². The molecule has 0 N–H and O–H groups in total. The Kier molecular flexibility index (Phi) is 4.99. The summed E-state index contributed by atoms with van der Waals surface area (Å²) in [6.45, 7) is 13.9. The highest BCUT2D eigenvalue weighted by Gasteiger charge is 2.22. The maximum atomic E-state index is 3.96. The minimum absolute atomic E-state index is 0.532. The molecule has 0 atom stereocenters. The number of hydrogen-bond acceptors (Lipinski definition) is 0. The zero-order chi connectivity index (χ0) is 15.9. The van der Waals surface area contributed by atoms with Crippen LogP contribution in [0.1, 0.15) is 76.0 Å². The monoisotopic (exact) mass is 362 g/mol. The van der Waals surface area contributed by atoms with Crippen LogP contribution in [0.15, 0.2) is 22.7 Å². The molecule has 0 unspecified atom stereocenters. The summed E-state index contributed by atoms with van der Waals surface area (Å²) < 4.78 is 1.34. The third-order valence-electron chi connectivity index (χ3n) is 4.25. The van der Waals surface area contributed by atoms with Crippen LogP contribution in [0.4, 0.5) is 0 Å². The quantitative estimate of drug-likeness (QED) is 0.676. The lowest BCUT2D eigenvalue weighted by molar-refractivity contribution is 0.781. The summed E-state index contributed by atoms with van der Waals surface area (Å²) in [5.41, 5.74) is 4.51. The van der Waals surface area contributed by atoms with Crippen molar-refractivity contribution in [2.75, 3.05) is 0 Å². The van der Waals surface area contributed by atoms with Gasteiger partial charge in [0, 0.05) is 14.7 Å². The summed E-state index contributed by atoms with van der Waals surface area (Å²) in [6.07, 6.45) is 0. The Morgan fingerprint density at radius 3 is 1.76 bits per heavy atom. The minimum atomic E-state index is 0.532. The number of halogens is 1. The van der Waals surface area contributed by atoms with Crippen LogP contribution in [0.3, 0.4) is 0 Å². The van der Waals surface area contributed by atoms with E-state index in [0.717, 1.165) is 10.2 Å². The van der Waals surface area contributed by atoms with Gasteiger partial charge in [0.25, 0.3) is 0 Å². The van der Waals surface area contributed by atoms with Gasteiger partial charge in [0.1, 0.15) is 0 Å². The maximum Gasteiger partial charge on any atom is 0.0385 e. The molecule has 2 aromatic rings. The molecule has 0 fully saturated rings. The predicted octanol–water partition coefficient (Wildman–Crippen LogP) is 4.96. The van der Waals surface area contributed by atoms with E-state index in [9.17, 15) is 0 Å². The molecule has 0 spiro atoms. The van der Waals surface area contributed by atoms with E-state index in [2.05, 4.69) is 75.7 Å². The Morgan fingerprint density at radius 1 is 0.762 bits per heavy atom. The highest BCUT2D eigenvalue weighted by Crippen LogP contribution is 2.43. The number of rotatable bonds is 3. The molecule has 0 aromatic heterocycles. The maximum absolute atomic E-state index is 3.96. The molecule has 0 radical (unpaired) electrons. The second-order valence-electron chi connectivity index (χ2n) is 7.07. The highest BCUT2D eigenvalue weighted by molar-refractivity contribution is 9.10. The van der Waals surface area contributed by atoms with Gasteiger partial charge in [-0.25, -0.2) is 0 Å². The van der Waals surface area contributed by atoms with Gasteiger partial charge in [-0.15, -0.1) is 0 Å². The normalized spacial score (nSPS) is 12.3. The van der Waals surface area contributed by atoms with Crippen LogP contribution in [0.5, 0.6) is 0 Å². The van der Waals surface area contributed by atoms with Crippen molar-refractivity contribution in [2.24, 2.45) is 0 Å². The molecule has 0 saturated carbocycles. The van der Waals surface area contributed by atoms with Gasteiger partial charge in [0.2, 0.25) is 0 Å². The summed E-state index contributed by atoms with van der Waals surface area (Å²) in [7, 11) is 1.11. The van der Waals surface area contributed by atoms with Crippen LogP contribution >= 0.6 is 15.9 Å². The lowest BCUT2D eigenvalue weighted by Crippen LogP contribution is -2.09. The van der Waals surface area contributed by atoms with Crippen molar-refractivity contribution in [2.45, 2.75) is 59.3 Å². The second kappa shape index (κ2) is 6.25. The molecule has 0 aliphatic heterocycles. The van der Waals surface area contributed by atoms with Gasteiger partial charge in [0.05, 0.1) is 0 Å². The predicted molar refractivity (Wildman–Crippen MR) is 103 cm³/mol. The van der Waals surface area contributed by atoms with E-state index < -0.39 is 0 Å². The van der Waals surface area contributed by atoms with Crippen molar-refractivity contribution in [3.05, 3.63) is 39.4 Å². The lowest BCUT2D eigenvalue weighted by atomic mass is 9.82. The summed E-state index contributed by atoms with van der Waals surface area (Å²) in [5.74, 6) is 1.61. The fourth-order valence-electron chi connectivity index (χ4n) is 3.39. The first kappa shape index (κ1) is 16.8. The molecule has 2 aromatic carbocycles. The Balaban J connectivity index is 3.05. The smallest absolute Gasteiger partial charge is 0.0385 e. The zero-order valence-corrected chi connectivity index (χ0v) is 17.9. The molecule has 0 bridgehead atoms. The van der Waals surface area contributed by atoms with E-state index in [1.807, 2.05) is 0 Å².